The smallest absolute Gasteiger partial charge is 0.224 e. The molecule has 0 spiro atoms. The molecule has 0 unspecified atom stereocenters. The SMILES string of the molecule is CCNc1ncc(F)c(NCc2ncon2)n1. The average molecular weight is 238 g/mol. The van der Waals surface area contributed by atoms with Crippen LogP contribution < -0.4 is 10.6 Å². The zero-order valence-corrected chi connectivity index (χ0v) is 9.14. The molecule has 0 bridgehead atoms. The zero-order valence-electron chi connectivity index (χ0n) is 9.14. The van der Waals surface area contributed by atoms with E-state index < -0.39 is 5.82 Å². The van der Waals surface area contributed by atoms with Gasteiger partial charge in [0.05, 0.1) is 12.7 Å². The fourth-order valence-corrected chi connectivity index (χ4v) is 1.17. The van der Waals surface area contributed by atoms with E-state index in [1.54, 1.807) is 0 Å². The largest absolute Gasteiger partial charge is 0.360 e. The molecular weight excluding hydrogens is 227 g/mol. The van der Waals surface area contributed by atoms with Crippen molar-refractivity contribution in [1.82, 2.24) is 20.1 Å². The minimum atomic E-state index is -0.532. The summed E-state index contributed by atoms with van der Waals surface area (Å²) >= 11 is 0. The first kappa shape index (κ1) is 11.2. The van der Waals surface area contributed by atoms with Crippen LogP contribution in [-0.2, 0) is 6.54 Å². The summed E-state index contributed by atoms with van der Waals surface area (Å²) in [6, 6.07) is 0. The second-order valence-corrected chi connectivity index (χ2v) is 3.12. The van der Waals surface area contributed by atoms with Crippen LogP contribution in [0, 0.1) is 5.82 Å². The molecule has 0 amide bonds. The van der Waals surface area contributed by atoms with Crippen molar-refractivity contribution in [3.05, 3.63) is 24.2 Å². The van der Waals surface area contributed by atoms with Gasteiger partial charge in [0, 0.05) is 6.54 Å². The van der Waals surface area contributed by atoms with Gasteiger partial charge in [0.15, 0.2) is 17.5 Å². The molecule has 2 rings (SSSR count). The Morgan fingerprint density at radius 1 is 1.35 bits per heavy atom. The summed E-state index contributed by atoms with van der Waals surface area (Å²) in [6.07, 6.45) is 2.31. The monoisotopic (exact) mass is 238 g/mol. The molecule has 0 aliphatic carbocycles. The van der Waals surface area contributed by atoms with Crippen molar-refractivity contribution < 1.29 is 8.91 Å². The maximum atomic E-state index is 13.4. The maximum absolute atomic E-state index is 13.4. The van der Waals surface area contributed by atoms with Gasteiger partial charge in [-0.3, -0.25) is 0 Å². The predicted molar refractivity (Wildman–Crippen MR) is 57.8 cm³/mol. The number of nitrogens with zero attached hydrogens (tertiary/aromatic N) is 4. The molecule has 90 valence electrons. The Morgan fingerprint density at radius 3 is 2.94 bits per heavy atom. The van der Waals surface area contributed by atoms with Crippen LogP contribution in [0.1, 0.15) is 12.7 Å². The van der Waals surface area contributed by atoms with Crippen LogP contribution in [0.15, 0.2) is 17.1 Å². The van der Waals surface area contributed by atoms with Crippen molar-refractivity contribution in [1.29, 1.82) is 0 Å². The number of nitrogens with one attached hydrogen (secondary N) is 2. The highest BCUT2D eigenvalue weighted by molar-refractivity contribution is 5.40. The molecule has 2 N–H and O–H groups in total. The van der Waals surface area contributed by atoms with Gasteiger partial charge in [0.2, 0.25) is 12.3 Å². The predicted octanol–water partition coefficient (Wildman–Crippen LogP) is 1.04. The standard InChI is InChI=1S/C9H11FN6O/c1-2-11-9-13-3-6(10)8(15-9)12-4-7-14-5-17-16-7/h3,5H,2,4H2,1H3,(H2,11,12,13,15). The quantitative estimate of drug-likeness (QED) is 0.804. The van der Waals surface area contributed by atoms with Gasteiger partial charge in [0.25, 0.3) is 0 Å². The molecule has 7 nitrogen and oxygen atoms in total. The molecule has 0 aliphatic heterocycles. The molecule has 2 heterocycles. The first-order chi connectivity index (χ1) is 8.29. The number of aromatic nitrogens is 4. The van der Waals surface area contributed by atoms with Crippen molar-refractivity contribution in [3.63, 3.8) is 0 Å². The number of halogens is 1. The van der Waals surface area contributed by atoms with E-state index in [4.69, 9.17) is 0 Å². The molecule has 2 aromatic rings. The third-order valence-electron chi connectivity index (χ3n) is 1.90. The van der Waals surface area contributed by atoms with Crippen LogP contribution in [0.5, 0.6) is 0 Å². The van der Waals surface area contributed by atoms with Crippen LogP contribution in [-0.4, -0.2) is 26.7 Å². The zero-order chi connectivity index (χ0) is 12.1. The van der Waals surface area contributed by atoms with E-state index in [-0.39, 0.29) is 12.4 Å². The summed E-state index contributed by atoms with van der Waals surface area (Å²) in [5.74, 6) is 0.355. The molecule has 17 heavy (non-hydrogen) atoms. The molecular formula is C9H11FN6O. The highest BCUT2D eigenvalue weighted by Crippen LogP contribution is 2.12. The molecule has 0 atom stereocenters. The van der Waals surface area contributed by atoms with E-state index in [2.05, 4.69) is 35.3 Å². The maximum Gasteiger partial charge on any atom is 0.224 e. The van der Waals surface area contributed by atoms with E-state index in [1.165, 1.54) is 6.39 Å². The Labute approximate surface area is 96.5 Å². The third-order valence-corrected chi connectivity index (χ3v) is 1.90. The van der Waals surface area contributed by atoms with Gasteiger partial charge < -0.3 is 15.2 Å². The average Bonchev–Trinajstić information content (AvgIpc) is 2.83. The van der Waals surface area contributed by atoms with Crippen molar-refractivity contribution >= 4 is 11.8 Å². The normalized spacial score (nSPS) is 10.2. The lowest BCUT2D eigenvalue weighted by atomic mass is 10.5. The van der Waals surface area contributed by atoms with Gasteiger partial charge >= 0.3 is 0 Å². The van der Waals surface area contributed by atoms with Crippen molar-refractivity contribution in [2.45, 2.75) is 13.5 Å². The number of rotatable bonds is 5. The van der Waals surface area contributed by atoms with Crippen LogP contribution in [0.25, 0.3) is 0 Å². The Balaban J connectivity index is 2.06. The topological polar surface area (TPSA) is 88.8 Å². The van der Waals surface area contributed by atoms with Crippen molar-refractivity contribution in [2.75, 3.05) is 17.2 Å². The van der Waals surface area contributed by atoms with Gasteiger partial charge in [-0.25, -0.2) is 9.37 Å². The minimum Gasteiger partial charge on any atom is -0.360 e. The molecule has 8 heteroatoms. The fourth-order valence-electron chi connectivity index (χ4n) is 1.17. The van der Waals surface area contributed by atoms with Gasteiger partial charge in [-0.1, -0.05) is 5.16 Å². The van der Waals surface area contributed by atoms with Gasteiger partial charge in [-0.05, 0) is 6.92 Å². The fraction of sp³-hybridized carbons (Fsp3) is 0.333. The first-order valence-corrected chi connectivity index (χ1v) is 5.05. The van der Waals surface area contributed by atoms with E-state index in [0.717, 1.165) is 6.20 Å². The molecule has 0 saturated carbocycles. The van der Waals surface area contributed by atoms with Crippen LogP contribution >= 0.6 is 0 Å². The Bertz CT molecular complexity index is 474. The van der Waals surface area contributed by atoms with Gasteiger partial charge in [-0.2, -0.15) is 9.97 Å². The third kappa shape index (κ3) is 2.86. The second kappa shape index (κ2) is 5.19. The molecule has 0 saturated heterocycles. The van der Waals surface area contributed by atoms with E-state index in [9.17, 15) is 4.39 Å². The second-order valence-electron chi connectivity index (χ2n) is 3.12. The molecule has 0 aliphatic rings. The number of hydrogen-bond acceptors (Lipinski definition) is 7. The van der Waals surface area contributed by atoms with E-state index in [0.29, 0.717) is 18.3 Å². The Morgan fingerprint density at radius 2 is 2.24 bits per heavy atom. The van der Waals surface area contributed by atoms with E-state index >= 15 is 0 Å². The number of hydrogen-bond donors (Lipinski definition) is 2. The van der Waals surface area contributed by atoms with Crippen LogP contribution in [0.3, 0.4) is 0 Å². The lowest BCUT2D eigenvalue weighted by Gasteiger charge is -2.06. The summed E-state index contributed by atoms with van der Waals surface area (Å²) < 4.78 is 17.9. The van der Waals surface area contributed by atoms with Crippen molar-refractivity contribution in [3.8, 4) is 0 Å². The summed E-state index contributed by atoms with van der Waals surface area (Å²) in [5, 5.41) is 9.24. The Hall–Kier alpha value is -2.25. The van der Waals surface area contributed by atoms with Crippen LogP contribution in [0.2, 0.25) is 0 Å². The van der Waals surface area contributed by atoms with E-state index in [1.807, 2.05) is 6.92 Å². The summed E-state index contributed by atoms with van der Waals surface area (Å²) in [4.78, 5) is 11.6. The molecule has 0 aromatic carbocycles. The lowest BCUT2D eigenvalue weighted by Crippen LogP contribution is -2.09. The molecule has 0 fully saturated rings. The summed E-state index contributed by atoms with van der Waals surface area (Å²) in [5.41, 5.74) is 0. The first-order valence-electron chi connectivity index (χ1n) is 5.05. The van der Waals surface area contributed by atoms with Crippen LogP contribution in [0.4, 0.5) is 16.2 Å². The lowest BCUT2D eigenvalue weighted by molar-refractivity contribution is 0.411. The minimum absolute atomic E-state index is 0.0979. The van der Waals surface area contributed by atoms with Gasteiger partial charge in [-0.15, -0.1) is 0 Å². The van der Waals surface area contributed by atoms with Gasteiger partial charge in [0.1, 0.15) is 0 Å². The molecule has 2 aromatic heterocycles. The highest BCUT2D eigenvalue weighted by atomic mass is 19.1. The highest BCUT2D eigenvalue weighted by Gasteiger charge is 2.07. The molecule has 0 radical (unpaired) electrons. The van der Waals surface area contributed by atoms with Crippen molar-refractivity contribution in [2.24, 2.45) is 0 Å². The summed E-state index contributed by atoms with van der Waals surface area (Å²) in [7, 11) is 0. The summed E-state index contributed by atoms with van der Waals surface area (Å²) in [6.45, 7) is 2.80. The number of anilines is 2. The Kier molecular flexibility index (Phi) is 3.43.